The standard InChI is InChI=1S/C21H25N5.HI/c1-17-8-10-18(11-9-17)14-23-21(25-20-6-4-3-5-7-20)22-13-12-19-15-24-26(2)16-19;/h3-11,15-16H,12-14H2,1-2H3,(H2,22,23,25);1H. The van der Waals surface area contributed by atoms with Crippen LogP contribution in [-0.2, 0) is 20.0 Å². The Morgan fingerprint density at radius 2 is 1.78 bits per heavy atom. The van der Waals surface area contributed by atoms with Crippen LogP contribution in [0.15, 0.2) is 72.0 Å². The summed E-state index contributed by atoms with van der Waals surface area (Å²) in [6.07, 6.45) is 4.83. The molecule has 1 heterocycles. The smallest absolute Gasteiger partial charge is 0.196 e. The van der Waals surface area contributed by atoms with E-state index in [1.807, 2.05) is 54.5 Å². The summed E-state index contributed by atoms with van der Waals surface area (Å²) in [6, 6.07) is 18.6. The molecule has 0 saturated carbocycles. The van der Waals surface area contributed by atoms with Crippen molar-refractivity contribution in [2.24, 2.45) is 12.0 Å². The van der Waals surface area contributed by atoms with Crippen LogP contribution in [0.25, 0.3) is 0 Å². The first-order chi connectivity index (χ1) is 12.7. The van der Waals surface area contributed by atoms with Gasteiger partial charge in [-0.2, -0.15) is 5.10 Å². The van der Waals surface area contributed by atoms with Crippen molar-refractivity contribution in [3.8, 4) is 0 Å². The molecule has 0 spiro atoms. The van der Waals surface area contributed by atoms with Crippen molar-refractivity contribution in [2.75, 3.05) is 11.9 Å². The maximum absolute atomic E-state index is 4.73. The van der Waals surface area contributed by atoms with Crippen molar-refractivity contribution in [2.45, 2.75) is 19.9 Å². The van der Waals surface area contributed by atoms with Crippen LogP contribution in [0.4, 0.5) is 5.69 Å². The second-order valence-electron chi connectivity index (χ2n) is 6.34. The van der Waals surface area contributed by atoms with Gasteiger partial charge in [0.1, 0.15) is 0 Å². The Bertz CT molecular complexity index is 841. The van der Waals surface area contributed by atoms with E-state index in [2.05, 4.69) is 46.9 Å². The Hall–Kier alpha value is -2.35. The zero-order valence-corrected chi connectivity index (χ0v) is 18.1. The highest BCUT2D eigenvalue weighted by Gasteiger charge is 2.02. The van der Waals surface area contributed by atoms with Gasteiger partial charge in [0.2, 0.25) is 0 Å². The van der Waals surface area contributed by atoms with E-state index in [4.69, 9.17) is 4.99 Å². The highest BCUT2D eigenvalue weighted by molar-refractivity contribution is 14.0. The lowest BCUT2D eigenvalue weighted by Gasteiger charge is -2.12. The molecule has 0 unspecified atom stereocenters. The minimum atomic E-state index is 0. The normalized spacial score (nSPS) is 11.0. The minimum Gasteiger partial charge on any atom is -0.356 e. The topological polar surface area (TPSA) is 54.2 Å². The van der Waals surface area contributed by atoms with Crippen molar-refractivity contribution in [3.63, 3.8) is 0 Å². The van der Waals surface area contributed by atoms with Crippen LogP contribution in [0.5, 0.6) is 0 Å². The average Bonchev–Trinajstić information content (AvgIpc) is 3.07. The van der Waals surface area contributed by atoms with Gasteiger partial charge in [0.05, 0.1) is 12.7 Å². The molecule has 5 nitrogen and oxygen atoms in total. The molecule has 0 amide bonds. The average molecular weight is 475 g/mol. The lowest BCUT2D eigenvalue weighted by atomic mass is 10.1. The van der Waals surface area contributed by atoms with Crippen LogP contribution in [0.2, 0.25) is 0 Å². The third-order valence-corrected chi connectivity index (χ3v) is 4.04. The van der Waals surface area contributed by atoms with E-state index in [1.165, 1.54) is 16.7 Å². The van der Waals surface area contributed by atoms with Gasteiger partial charge in [-0.15, -0.1) is 24.0 Å². The van der Waals surface area contributed by atoms with Gasteiger partial charge in [-0.25, -0.2) is 4.99 Å². The molecule has 0 saturated heterocycles. The Morgan fingerprint density at radius 3 is 2.44 bits per heavy atom. The molecule has 2 N–H and O–H groups in total. The predicted molar refractivity (Wildman–Crippen MR) is 123 cm³/mol. The number of benzene rings is 2. The number of hydrogen-bond donors (Lipinski definition) is 2. The summed E-state index contributed by atoms with van der Waals surface area (Å²) in [7, 11) is 1.93. The highest BCUT2D eigenvalue weighted by Crippen LogP contribution is 2.07. The number of halogens is 1. The Balaban J connectivity index is 0.00000261. The fourth-order valence-corrected chi connectivity index (χ4v) is 2.59. The predicted octanol–water partition coefficient (Wildman–Crippen LogP) is 4.15. The second kappa shape index (κ2) is 10.7. The van der Waals surface area contributed by atoms with Crippen molar-refractivity contribution in [1.82, 2.24) is 15.1 Å². The molecule has 3 rings (SSSR count). The summed E-state index contributed by atoms with van der Waals surface area (Å²) in [4.78, 5) is 4.73. The molecule has 142 valence electrons. The first-order valence-electron chi connectivity index (χ1n) is 8.82. The summed E-state index contributed by atoms with van der Waals surface area (Å²) in [5.41, 5.74) is 4.67. The van der Waals surface area contributed by atoms with Gasteiger partial charge in [-0.1, -0.05) is 48.0 Å². The van der Waals surface area contributed by atoms with Crippen LogP contribution in [0.1, 0.15) is 16.7 Å². The fourth-order valence-electron chi connectivity index (χ4n) is 2.59. The van der Waals surface area contributed by atoms with Gasteiger partial charge < -0.3 is 10.6 Å². The molecule has 0 atom stereocenters. The quantitative estimate of drug-likeness (QED) is 0.320. The lowest BCUT2D eigenvalue weighted by molar-refractivity contribution is 0.766. The molecule has 0 aliphatic heterocycles. The summed E-state index contributed by atoms with van der Waals surface area (Å²) in [5.74, 6) is 0.778. The zero-order valence-electron chi connectivity index (χ0n) is 15.7. The molecular formula is C21H26IN5. The molecule has 1 aromatic heterocycles. The molecule has 0 aliphatic carbocycles. The number of aliphatic imine (C=N–C) groups is 1. The maximum atomic E-state index is 4.73. The first-order valence-corrected chi connectivity index (χ1v) is 8.82. The second-order valence-corrected chi connectivity index (χ2v) is 6.34. The summed E-state index contributed by atoms with van der Waals surface area (Å²) < 4.78 is 1.82. The van der Waals surface area contributed by atoms with Gasteiger partial charge in [-0.05, 0) is 36.6 Å². The SMILES string of the molecule is Cc1ccc(CN=C(NCCc2cnn(C)c2)Nc2ccccc2)cc1.I. The van der Waals surface area contributed by atoms with Crippen molar-refractivity contribution in [3.05, 3.63) is 83.7 Å². The van der Waals surface area contributed by atoms with Gasteiger partial charge in [0.25, 0.3) is 0 Å². The molecule has 0 bridgehead atoms. The molecule has 0 radical (unpaired) electrons. The summed E-state index contributed by atoms with van der Waals surface area (Å²) in [5, 5.41) is 11.0. The van der Waals surface area contributed by atoms with Crippen LogP contribution in [0, 0.1) is 6.92 Å². The number of nitrogens with zero attached hydrogens (tertiary/aromatic N) is 3. The summed E-state index contributed by atoms with van der Waals surface area (Å²) in [6.45, 7) is 3.52. The van der Waals surface area contributed by atoms with E-state index in [-0.39, 0.29) is 24.0 Å². The Kier molecular flexibility index (Phi) is 8.32. The molecule has 2 aromatic carbocycles. The Morgan fingerprint density at radius 1 is 1.04 bits per heavy atom. The maximum Gasteiger partial charge on any atom is 0.196 e. The number of aryl methyl sites for hydroxylation is 2. The molecule has 6 heteroatoms. The van der Waals surface area contributed by atoms with E-state index >= 15 is 0 Å². The number of anilines is 1. The molecule has 27 heavy (non-hydrogen) atoms. The minimum absolute atomic E-state index is 0. The van der Waals surface area contributed by atoms with E-state index in [1.54, 1.807) is 0 Å². The zero-order chi connectivity index (χ0) is 18.2. The number of rotatable bonds is 6. The van der Waals surface area contributed by atoms with Crippen molar-refractivity contribution < 1.29 is 0 Å². The molecule has 0 fully saturated rings. The van der Waals surface area contributed by atoms with Gasteiger partial charge in [0, 0.05) is 25.5 Å². The lowest BCUT2D eigenvalue weighted by Crippen LogP contribution is -2.32. The van der Waals surface area contributed by atoms with Crippen LogP contribution in [0.3, 0.4) is 0 Å². The third-order valence-electron chi connectivity index (χ3n) is 4.04. The number of para-hydroxylation sites is 1. The van der Waals surface area contributed by atoms with Gasteiger partial charge in [0.15, 0.2) is 5.96 Å². The Labute approximate surface area is 177 Å². The van der Waals surface area contributed by atoms with Gasteiger partial charge >= 0.3 is 0 Å². The molecule has 3 aromatic rings. The summed E-state index contributed by atoms with van der Waals surface area (Å²) >= 11 is 0. The van der Waals surface area contributed by atoms with E-state index in [0.717, 1.165) is 24.6 Å². The molecular weight excluding hydrogens is 449 g/mol. The van der Waals surface area contributed by atoms with Crippen LogP contribution >= 0.6 is 24.0 Å². The van der Waals surface area contributed by atoms with Crippen molar-refractivity contribution in [1.29, 1.82) is 0 Å². The third kappa shape index (κ3) is 7.05. The monoisotopic (exact) mass is 475 g/mol. The van der Waals surface area contributed by atoms with Crippen LogP contribution < -0.4 is 10.6 Å². The number of nitrogens with one attached hydrogen (secondary N) is 2. The number of guanidine groups is 1. The van der Waals surface area contributed by atoms with E-state index < -0.39 is 0 Å². The largest absolute Gasteiger partial charge is 0.356 e. The van der Waals surface area contributed by atoms with E-state index in [9.17, 15) is 0 Å². The van der Waals surface area contributed by atoms with Gasteiger partial charge in [-0.3, -0.25) is 4.68 Å². The first kappa shape index (κ1) is 21.0. The van der Waals surface area contributed by atoms with Crippen molar-refractivity contribution >= 4 is 35.6 Å². The van der Waals surface area contributed by atoms with E-state index in [0.29, 0.717) is 6.54 Å². The molecule has 0 aliphatic rings. The fraction of sp³-hybridized carbons (Fsp3) is 0.238. The number of hydrogen-bond acceptors (Lipinski definition) is 2. The highest BCUT2D eigenvalue weighted by atomic mass is 127. The van der Waals surface area contributed by atoms with Crippen LogP contribution in [-0.4, -0.2) is 22.3 Å². The number of aromatic nitrogens is 2.